The van der Waals surface area contributed by atoms with Crippen LogP contribution in [-0.4, -0.2) is 50.3 Å². The minimum Gasteiger partial charge on any atom is -0.508 e. The highest BCUT2D eigenvalue weighted by atomic mass is 127. The number of aromatic hydroxyl groups is 1. The van der Waals surface area contributed by atoms with E-state index in [1.54, 1.807) is 26.4 Å². The summed E-state index contributed by atoms with van der Waals surface area (Å²) in [6.07, 6.45) is 2.91. The number of aliphatic imine (C=N–C) groups is 1. The Morgan fingerprint density at radius 2 is 1.76 bits per heavy atom. The number of benzene rings is 2. The Hall–Kier alpha value is -2.16. The lowest BCUT2D eigenvalue weighted by Gasteiger charge is -2.32. The highest BCUT2D eigenvalue weighted by Crippen LogP contribution is 2.33. The number of hydrogen-bond acceptors (Lipinski definition) is 4. The van der Waals surface area contributed by atoms with Gasteiger partial charge in [0.05, 0.1) is 14.2 Å². The second kappa shape index (κ2) is 11.1. The molecule has 2 aromatic rings. The van der Waals surface area contributed by atoms with Crippen LogP contribution in [0.3, 0.4) is 0 Å². The fraction of sp³-hybridized carbons (Fsp3) is 0.409. The summed E-state index contributed by atoms with van der Waals surface area (Å²) in [4.78, 5) is 6.73. The zero-order valence-electron chi connectivity index (χ0n) is 17.3. The third kappa shape index (κ3) is 5.91. The third-order valence-corrected chi connectivity index (χ3v) is 5.09. The van der Waals surface area contributed by atoms with Crippen molar-refractivity contribution >= 4 is 29.9 Å². The van der Waals surface area contributed by atoms with E-state index in [1.807, 2.05) is 19.2 Å². The number of nitrogens with one attached hydrogen (secondary N) is 1. The van der Waals surface area contributed by atoms with Crippen molar-refractivity contribution in [2.24, 2.45) is 4.99 Å². The molecule has 6 nitrogen and oxygen atoms in total. The van der Waals surface area contributed by atoms with E-state index in [1.165, 1.54) is 16.7 Å². The van der Waals surface area contributed by atoms with Crippen molar-refractivity contribution in [2.75, 3.05) is 34.4 Å². The zero-order chi connectivity index (χ0) is 19.9. The Morgan fingerprint density at radius 3 is 2.38 bits per heavy atom. The van der Waals surface area contributed by atoms with Crippen molar-refractivity contribution in [3.8, 4) is 17.2 Å². The number of ether oxygens (including phenoxy) is 2. The highest BCUT2D eigenvalue weighted by molar-refractivity contribution is 14.0. The van der Waals surface area contributed by atoms with E-state index in [0.717, 1.165) is 56.4 Å². The van der Waals surface area contributed by atoms with Gasteiger partial charge in [-0.25, -0.2) is 0 Å². The molecule has 3 rings (SSSR count). The van der Waals surface area contributed by atoms with E-state index in [9.17, 15) is 5.11 Å². The van der Waals surface area contributed by atoms with Crippen LogP contribution in [0.1, 0.15) is 23.1 Å². The number of aryl methyl sites for hydroxylation is 1. The van der Waals surface area contributed by atoms with Crippen LogP contribution in [0.25, 0.3) is 0 Å². The summed E-state index contributed by atoms with van der Waals surface area (Å²) >= 11 is 0. The van der Waals surface area contributed by atoms with Crippen LogP contribution in [-0.2, 0) is 19.4 Å². The maximum absolute atomic E-state index is 9.36. The molecule has 158 valence electrons. The van der Waals surface area contributed by atoms with Gasteiger partial charge in [-0.2, -0.15) is 0 Å². The van der Waals surface area contributed by atoms with Crippen molar-refractivity contribution < 1.29 is 14.6 Å². The number of phenols is 1. The molecule has 0 fully saturated rings. The van der Waals surface area contributed by atoms with E-state index in [0.29, 0.717) is 5.75 Å². The van der Waals surface area contributed by atoms with Crippen LogP contribution < -0.4 is 14.8 Å². The smallest absolute Gasteiger partial charge is 0.193 e. The van der Waals surface area contributed by atoms with Crippen molar-refractivity contribution in [1.82, 2.24) is 10.2 Å². The number of methoxy groups -OCH3 is 2. The maximum Gasteiger partial charge on any atom is 0.193 e. The molecule has 1 aliphatic heterocycles. The monoisotopic (exact) mass is 511 g/mol. The summed E-state index contributed by atoms with van der Waals surface area (Å²) in [7, 11) is 5.16. The minimum absolute atomic E-state index is 0. The molecule has 0 bridgehead atoms. The SMILES string of the molecule is CN=C(NCCCc1ccc(O)cc1)N1CCc2cc(OC)c(OC)cc2C1.I. The van der Waals surface area contributed by atoms with Crippen LogP contribution in [0.15, 0.2) is 41.4 Å². The first-order valence-corrected chi connectivity index (χ1v) is 9.62. The van der Waals surface area contributed by atoms with Crippen LogP contribution in [0.5, 0.6) is 17.2 Å². The van der Waals surface area contributed by atoms with Crippen molar-refractivity contribution in [3.05, 3.63) is 53.1 Å². The predicted octanol–water partition coefficient (Wildman–Crippen LogP) is 3.59. The summed E-state index contributed by atoms with van der Waals surface area (Å²) in [6, 6.07) is 11.5. The van der Waals surface area contributed by atoms with Crippen molar-refractivity contribution in [2.45, 2.75) is 25.8 Å². The van der Waals surface area contributed by atoms with Gasteiger partial charge in [-0.15, -0.1) is 24.0 Å². The molecule has 2 N–H and O–H groups in total. The molecular weight excluding hydrogens is 481 g/mol. The summed E-state index contributed by atoms with van der Waals surface area (Å²) in [6.45, 7) is 2.57. The number of fused-ring (bicyclic) bond motifs is 1. The second-order valence-electron chi connectivity index (χ2n) is 6.89. The fourth-order valence-electron chi connectivity index (χ4n) is 3.55. The molecule has 1 aliphatic rings. The zero-order valence-corrected chi connectivity index (χ0v) is 19.6. The Morgan fingerprint density at radius 1 is 1.10 bits per heavy atom. The van der Waals surface area contributed by atoms with Gasteiger partial charge < -0.3 is 24.8 Å². The van der Waals surface area contributed by atoms with Gasteiger partial charge in [-0.1, -0.05) is 12.1 Å². The van der Waals surface area contributed by atoms with Crippen molar-refractivity contribution in [3.63, 3.8) is 0 Å². The van der Waals surface area contributed by atoms with E-state index in [2.05, 4.69) is 27.3 Å². The molecule has 2 aromatic carbocycles. The van der Waals surface area contributed by atoms with Crippen LogP contribution in [0.4, 0.5) is 0 Å². The largest absolute Gasteiger partial charge is 0.508 e. The van der Waals surface area contributed by atoms with Crippen molar-refractivity contribution in [1.29, 1.82) is 0 Å². The van der Waals surface area contributed by atoms with Gasteiger partial charge in [0, 0.05) is 26.7 Å². The number of halogens is 1. The van der Waals surface area contributed by atoms with Crippen LogP contribution in [0, 0.1) is 0 Å². The second-order valence-corrected chi connectivity index (χ2v) is 6.89. The summed E-state index contributed by atoms with van der Waals surface area (Å²) in [5.41, 5.74) is 3.77. The molecule has 7 heteroatoms. The highest BCUT2D eigenvalue weighted by Gasteiger charge is 2.21. The molecule has 0 unspecified atom stereocenters. The minimum atomic E-state index is 0. The van der Waals surface area contributed by atoms with Gasteiger partial charge in [-0.05, 0) is 60.2 Å². The number of guanidine groups is 1. The van der Waals surface area contributed by atoms with E-state index < -0.39 is 0 Å². The molecule has 0 spiro atoms. The summed E-state index contributed by atoms with van der Waals surface area (Å²) in [5.74, 6) is 2.78. The van der Waals surface area contributed by atoms with Gasteiger partial charge in [0.2, 0.25) is 0 Å². The van der Waals surface area contributed by atoms with E-state index in [-0.39, 0.29) is 24.0 Å². The Bertz CT molecular complexity index is 825. The molecule has 0 aliphatic carbocycles. The molecule has 0 saturated heterocycles. The first kappa shape index (κ1) is 23.1. The lowest BCUT2D eigenvalue weighted by Crippen LogP contribution is -2.44. The standard InChI is InChI=1S/C22H29N3O3.HI/c1-23-22(24-11-4-5-16-6-8-19(26)9-7-16)25-12-10-17-13-20(27-2)21(28-3)14-18(17)15-25;/h6-9,13-14,26H,4-5,10-12,15H2,1-3H3,(H,23,24);1H. The molecule has 0 saturated carbocycles. The Balaban J connectivity index is 0.00000300. The normalized spacial score (nSPS) is 13.3. The quantitative estimate of drug-likeness (QED) is 0.269. The van der Waals surface area contributed by atoms with Gasteiger partial charge >= 0.3 is 0 Å². The fourth-order valence-corrected chi connectivity index (χ4v) is 3.55. The molecule has 0 atom stereocenters. The number of rotatable bonds is 6. The summed E-state index contributed by atoms with van der Waals surface area (Å²) in [5, 5.41) is 12.8. The average Bonchev–Trinajstić information content (AvgIpc) is 2.73. The molecule has 0 radical (unpaired) electrons. The number of phenolic OH excluding ortho intramolecular Hbond substituents is 1. The topological polar surface area (TPSA) is 66.3 Å². The molecule has 0 amide bonds. The first-order chi connectivity index (χ1) is 13.6. The maximum atomic E-state index is 9.36. The molecule has 1 heterocycles. The average molecular weight is 511 g/mol. The van der Waals surface area contributed by atoms with Gasteiger partial charge in [0.25, 0.3) is 0 Å². The number of hydrogen-bond donors (Lipinski definition) is 2. The summed E-state index contributed by atoms with van der Waals surface area (Å²) < 4.78 is 10.9. The first-order valence-electron chi connectivity index (χ1n) is 9.62. The van der Waals surface area contributed by atoms with E-state index >= 15 is 0 Å². The lowest BCUT2D eigenvalue weighted by molar-refractivity contribution is 0.346. The lowest BCUT2D eigenvalue weighted by atomic mass is 9.99. The van der Waals surface area contributed by atoms with Crippen LogP contribution >= 0.6 is 24.0 Å². The molecular formula is C22H30IN3O3. The van der Waals surface area contributed by atoms with E-state index in [4.69, 9.17) is 9.47 Å². The van der Waals surface area contributed by atoms with Gasteiger partial charge in [0.1, 0.15) is 5.75 Å². The number of nitrogens with zero attached hydrogens (tertiary/aromatic N) is 2. The Labute approximate surface area is 190 Å². The third-order valence-electron chi connectivity index (χ3n) is 5.09. The molecule has 29 heavy (non-hydrogen) atoms. The predicted molar refractivity (Wildman–Crippen MR) is 127 cm³/mol. The Kier molecular flexibility index (Phi) is 8.88. The van der Waals surface area contributed by atoms with Crippen LogP contribution in [0.2, 0.25) is 0 Å². The van der Waals surface area contributed by atoms with Gasteiger partial charge in [0.15, 0.2) is 17.5 Å². The van der Waals surface area contributed by atoms with Gasteiger partial charge in [-0.3, -0.25) is 4.99 Å². The molecule has 0 aromatic heterocycles.